The fraction of sp³-hybridized carbons (Fsp3) is 0.348. The Labute approximate surface area is 200 Å². The molecule has 1 aliphatic rings. The SMILES string of the molecule is O=C(CN1CCCN(c2ccc(C(F)(F)F)cn2)CC1)Nc1ccnn1Cc1ccccc1Cl. The maximum Gasteiger partial charge on any atom is 0.417 e. The highest BCUT2D eigenvalue weighted by molar-refractivity contribution is 6.31. The smallest absolute Gasteiger partial charge is 0.355 e. The van der Waals surface area contributed by atoms with Gasteiger partial charge in [0.05, 0.1) is 24.8 Å². The second kappa shape index (κ2) is 10.4. The Hall–Kier alpha value is -3.11. The lowest BCUT2D eigenvalue weighted by Crippen LogP contribution is -2.36. The molecule has 3 aromatic rings. The van der Waals surface area contributed by atoms with E-state index in [1.54, 1.807) is 16.9 Å². The van der Waals surface area contributed by atoms with Crippen molar-refractivity contribution in [2.45, 2.75) is 19.1 Å². The molecule has 1 N–H and O–H groups in total. The van der Waals surface area contributed by atoms with E-state index in [0.717, 1.165) is 24.2 Å². The highest BCUT2D eigenvalue weighted by Crippen LogP contribution is 2.29. The summed E-state index contributed by atoms with van der Waals surface area (Å²) in [7, 11) is 0. The molecule has 2 aromatic heterocycles. The van der Waals surface area contributed by atoms with Crippen LogP contribution in [0.5, 0.6) is 0 Å². The van der Waals surface area contributed by atoms with E-state index in [2.05, 4.69) is 15.4 Å². The van der Waals surface area contributed by atoms with Gasteiger partial charge in [0.25, 0.3) is 0 Å². The molecule has 1 fully saturated rings. The van der Waals surface area contributed by atoms with E-state index in [9.17, 15) is 18.0 Å². The van der Waals surface area contributed by atoms with Crippen LogP contribution in [0, 0.1) is 0 Å². The summed E-state index contributed by atoms with van der Waals surface area (Å²) in [6.07, 6.45) is -1.16. The van der Waals surface area contributed by atoms with Gasteiger partial charge in [-0.05, 0) is 30.2 Å². The van der Waals surface area contributed by atoms with Crippen LogP contribution in [0.1, 0.15) is 17.5 Å². The number of amides is 1. The summed E-state index contributed by atoms with van der Waals surface area (Å²) in [5, 5.41) is 7.81. The van der Waals surface area contributed by atoms with Crippen molar-refractivity contribution in [3.05, 3.63) is 71.0 Å². The monoisotopic (exact) mass is 492 g/mol. The Bertz CT molecular complexity index is 1120. The van der Waals surface area contributed by atoms with Crippen LogP contribution in [0.15, 0.2) is 54.9 Å². The fourth-order valence-corrected chi connectivity index (χ4v) is 4.03. The van der Waals surface area contributed by atoms with Gasteiger partial charge in [0.2, 0.25) is 5.91 Å². The minimum absolute atomic E-state index is 0.165. The number of aromatic nitrogens is 3. The molecule has 1 aromatic carbocycles. The zero-order chi connectivity index (χ0) is 24.1. The second-order valence-electron chi connectivity index (χ2n) is 8.03. The Morgan fingerprint density at radius 1 is 1.06 bits per heavy atom. The lowest BCUT2D eigenvalue weighted by atomic mass is 10.2. The molecule has 3 heterocycles. The number of hydrogen-bond donors (Lipinski definition) is 1. The van der Waals surface area contributed by atoms with Crippen LogP contribution >= 0.6 is 11.6 Å². The van der Waals surface area contributed by atoms with Crippen LogP contribution in [0.25, 0.3) is 0 Å². The number of rotatable bonds is 6. The van der Waals surface area contributed by atoms with Gasteiger partial charge >= 0.3 is 6.18 Å². The number of halogens is 4. The molecule has 1 aliphatic heterocycles. The zero-order valence-corrected chi connectivity index (χ0v) is 19.1. The molecule has 4 rings (SSSR count). The highest BCUT2D eigenvalue weighted by Gasteiger charge is 2.31. The van der Waals surface area contributed by atoms with Gasteiger partial charge in [0.15, 0.2) is 0 Å². The molecule has 34 heavy (non-hydrogen) atoms. The predicted molar refractivity (Wildman–Crippen MR) is 124 cm³/mol. The number of nitrogens with zero attached hydrogens (tertiary/aromatic N) is 5. The average Bonchev–Trinajstić information content (AvgIpc) is 3.09. The largest absolute Gasteiger partial charge is 0.417 e. The summed E-state index contributed by atoms with van der Waals surface area (Å²) in [5.41, 5.74) is 0.131. The normalized spacial score (nSPS) is 15.2. The molecular formula is C23H24ClF3N6O. The Balaban J connectivity index is 1.31. The molecule has 0 radical (unpaired) electrons. The van der Waals surface area contributed by atoms with Crippen LogP contribution in [0.3, 0.4) is 0 Å². The quantitative estimate of drug-likeness (QED) is 0.560. The molecule has 1 amide bonds. The number of alkyl halides is 3. The summed E-state index contributed by atoms with van der Waals surface area (Å²) in [4.78, 5) is 20.6. The second-order valence-corrected chi connectivity index (χ2v) is 8.44. The topological polar surface area (TPSA) is 66.3 Å². The number of benzene rings is 1. The minimum atomic E-state index is -4.41. The average molecular weight is 493 g/mol. The van der Waals surface area contributed by atoms with Gasteiger partial charge < -0.3 is 10.2 Å². The molecule has 0 spiro atoms. The minimum Gasteiger partial charge on any atom is -0.355 e. The highest BCUT2D eigenvalue weighted by atomic mass is 35.5. The maximum atomic E-state index is 12.8. The van der Waals surface area contributed by atoms with Gasteiger partial charge in [0, 0.05) is 43.5 Å². The Morgan fingerprint density at radius 3 is 2.62 bits per heavy atom. The molecule has 0 unspecified atom stereocenters. The first-order valence-corrected chi connectivity index (χ1v) is 11.2. The van der Waals surface area contributed by atoms with Crippen LogP contribution < -0.4 is 10.2 Å². The van der Waals surface area contributed by atoms with Crippen LogP contribution in [0.4, 0.5) is 24.8 Å². The van der Waals surface area contributed by atoms with Crippen molar-refractivity contribution in [3.63, 3.8) is 0 Å². The van der Waals surface area contributed by atoms with Crippen molar-refractivity contribution in [1.29, 1.82) is 0 Å². The van der Waals surface area contributed by atoms with Gasteiger partial charge in [-0.1, -0.05) is 29.8 Å². The first kappa shape index (κ1) is 24.0. The van der Waals surface area contributed by atoms with Crippen molar-refractivity contribution in [2.24, 2.45) is 0 Å². The first-order valence-electron chi connectivity index (χ1n) is 10.9. The van der Waals surface area contributed by atoms with Gasteiger partial charge in [-0.15, -0.1) is 0 Å². The van der Waals surface area contributed by atoms with E-state index < -0.39 is 11.7 Å². The lowest BCUT2D eigenvalue weighted by molar-refractivity contribution is -0.137. The molecular weight excluding hydrogens is 469 g/mol. The van der Waals surface area contributed by atoms with Crippen LogP contribution in [-0.4, -0.2) is 58.3 Å². The number of nitrogens with one attached hydrogen (secondary N) is 1. The molecule has 0 atom stereocenters. The third kappa shape index (κ3) is 6.06. The van der Waals surface area contributed by atoms with Gasteiger partial charge in [0.1, 0.15) is 11.6 Å². The van der Waals surface area contributed by atoms with Crippen molar-refractivity contribution in [1.82, 2.24) is 19.7 Å². The standard InChI is InChI=1S/C23H24ClF3N6O/c24-19-5-2-1-4-17(19)15-33-21(8-9-29-33)30-22(34)16-31-10-3-11-32(13-12-31)20-7-6-18(14-28-20)23(25,26)27/h1-2,4-9,14H,3,10-13,15-16H2,(H,30,34). The van der Waals surface area contributed by atoms with E-state index >= 15 is 0 Å². The van der Waals surface area contributed by atoms with Gasteiger partial charge in [-0.2, -0.15) is 18.3 Å². The summed E-state index contributed by atoms with van der Waals surface area (Å²) in [6, 6.07) is 11.6. The van der Waals surface area contributed by atoms with Crippen molar-refractivity contribution < 1.29 is 18.0 Å². The Kier molecular flexibility index (Phi) is 7.38. The summed E-state index contributed by atoms with van der Waals surface area (Å²) < 4.78 is 40.0. The van der Waals surface area contributed by atoms with E-state index in [4.69, 9.17) is 11.6 Å². The number of carbonyl (C=O) groups excluding carboxylic acids is 1. The summed E-state index contributed by atoms with van der Waals surface area (Å²) >= 11 is 6.23. The first-order chi connectivity index (χ1) is 16.3. The summed E-state index contributed by atoms with van der Waals surface area (Å²) in [6.45, 7) is 3.14. The predicted octanol–water partition coefficient (Wildman–Crippen LogP) is 4.15. The van der Waals surface area contributed by atoms with Gasteiger partial charge in [-0.3, -0.25) is 9.69 Å². The zero-order valence-electron chi connectivity index (χ0n) is 18.3. The number of hydrogen-bond acceptors (Lipinski definition) is 5. The van der Waals surface area contributed by atoms with E-state index in [0.29, 0.717) is 49.4 Å². The molecule has 0 saturated carbocycles. The summed E-state index contributed by atoms with van der Waals surface area (Å²) in [5.74, 6) is 0.917. The van der Waals surface area contributed by atoms with Crippen molar-refractivity contribution in [2.75, 3.05) is 42.9 Å². The van der Waals surface area contributed by atoms with E-state index in [1.165, 1.54) is 6.07 Å². The molecule has 11 heteroatoms. The Morgan fingerprint density at radius 2 is 1.88 bits per heavy atom. The third-order valence-corrected chi connectivity index (χ3v) is 5.99. The third-order valence-electron chi connectivity index (χ3n) is 5.62. The van der Waals surface area contributed by atoms with Crippen molar-refractivity contribution in [3.8, 4) is 0 Å². The molecule has 0 bridgehead atoms. The molecule has 1 saturated heterocycles. The van der Waals surface area contributed by atoms with Crippen molar-refractivity contribution >= 4 is 29.1 Å². The maximum absolute atomic E-state index is 12.8. The number of carbonyl (C=O) groups is 1. The van der Waals surface area contributed by atoms with E-state index in [1.807, 2.05) is 34.1 Å². The lowest BCUT2D eigenvalue weighted by Gasteiger charge is -2.23. The number of pyridine rings is 1. The molecule has 7 nitrogen and oxygen atoms in total. The molecule has 0 aliphatic carbocycles. The molecule has 180 valence electrons. The van der Waals surface area contributed by atoms with E-state index in [-0.39, 0.29) is 12.5 Å². The van der Waals surface area contributed by atoms with Gasteiger partial charge in [-0.25, -0.2) is 9.67 Å². The fourth-order valence-electron chi connectivity index (χ4n) is 3.84. The number of anilines is 2. The van der Waals surface area contributed by atoms with Crippen LogP contribution in [0.2, 0.25) is 5.02 Å². The van der Waals surface area contributed by atoms with Crippen LogP contribution in [-0.2, 0) is 17.5 Å².